The van der Waals surface area contributed by atoms with Crippen LogP contribution >= 0.6 is 0 Å². The Balaban J connectivity index is 1.33. The fourth-order valence-corrected chi connectivity index (χ4v) is 6.62. The van der Waals surface area contributed by atoms with E-state index in [0.29, 0.717) is 19.5 Å². The quantitative estimate of drug-likeness (QED) is 0.230. The largest absolute Gasteiger partial charge is 0.508 e. The number of fused-ring (bicyclic) bond motifs is 1. The molecule has 2 saturated heterocycles. The molecule has 1 N–H and O–H groups in total. The highest BCUT2D eigenvalue weighted by atomic mass is 16.5. The summed E-state index contributed by atoms with van der Waals surface area (Å²) in [5, 5.41) is 13.3. The van der Waals surface area contributed by atoms with Crippen LogP contribution in [0.15, 0.2) is 116 Å². The number of phenols is 1. The van der Waals surface area contributed by atoms with E-state index in [1.165, 1.54) is 0 Å². The summed E-state index contributed by atoms with van der Waals surface area (Å²) >= 11 is 0. The molecule has 0 spiro atoms. The maximum atomic E-state index is 14.4. The van der Waals surface area contributed by atoms with Crippen LogP contribution in [0.25, 0.3) is 11.1 Å². The Bertz CT molecular complexity index is 1760. The summed E-state index contributed by atoms with van der Waals surface area (Å²) in [6.45, 7) is 4.62. The number of aromatic hydroxyl groups is 1. The minimum Gasteiger partial charge on any atom is -0.508 e. The Morgan fingerprint density at radius 2 is 1.62 bits per heavy atom. The van der Waals surface area contributed by atoms with Gasteiger partial charge in [0.05, 0.1) is 20.2 Å². The molecule has 0 unspecified atom stereocenters. The van der Waals surface area contributed by atoms with Crippen molar-refractivity contribution in [2.75, 3.05) is 26.7 Å². The first-order valence-corrected chi connectivity index (χ1v) is 16.2. The van der Waals surface area contributed by atoms with E-state index in [2.05, 4.69) is 12.6 Å². The number of nitrogens with zero attached hydrogens (tertiary/aromatic N) is 4. The van der Waals surface area contributed by atoms with Crippen molar-refractivity contribution in [1.82, 2.24) is 19.8 Å². The predicted octanol–water partition coefficient (Wildman–Crippen LogP) is 5.05. The number of amides is 3. The van der Waals surface area contributed by atoms with Gasteiger partial charge in [-0.1, -0.05) is 78.9 Å². The summed E-state index contributed by atoms with van der Waals surface area (Å²) in [7, 11) is 1.63. The number of hydrogen-bond donors (Lipinski definition) is 1. The molecule has 246 valence electrons. The van der Waals surface area contributed by atoms with Crippen LogP contribution in [0.2, 0.25) is 0 Å². The molecule has 6 rings (SSSR count). The Kier molecular flexibility index (Phi) is 9.87. The fourth-order valence-electron chi connectivity index (χ4n) is 6.62. The van der Waals surface area contributed by atoms with E-state index in [9.17, 15) is 19.5 Å². The first kappa shape index (κ1) is 32.5. The number of methoxy groups -OCH3 is 1. The zero-order valence-corrected chi connectivity index (χ0v) is 27.1. The number of benzene rings is 4. The topological polar surface area (TPSA) is 93.6 Å². The maximum Gasteiger partial charge on any atom is 0.246 e. The first-order chi connectivity index (χ1) is 23.3. The molecule has 2 atom stereocenters. The van der Waals surface area contributed by atoms with Crippen LogP contribution in [0.5, 0.6) is 11.5 Å². The van der Waals surface area contributed by atoms with Gasteiger partial charge in [0, 0.05) is 25.9 Å². The standard InChI is InChI=1S/C39H40N4O5/c1-3-22-41-27-38(46)42-35(24-29-12-17-33(44)18-13-29)39(47)40(26-36(42)43(41)37(45)21-14-28-8-5-4-6-9-28)25-30-10-7-11-32(23-30)31-15-19-34(48-2)20-16-31/h3-13,15-20,23,35-36,44H,1,14,21-22,24-27H2,2H3/t35-,36-/m0/s1. The van der Waals surface area contributed by atoms with Gasteiger partial charge in [0.15, 0.2) is 0 Å². The molecular formula is C39H40N4O5. The lowest BCUT2D eigenvalue weighted by molar-refractivity contribution is -0.205. The summed E-state index contributed by atoms with van der Waals surface area (Å²) in [6, 6.07) is 31.5. The summed E-state index contributed by atoms with van der Waals surface area (Å²) in [5.74, 6) is 0.369. The molecule has 4 aromatic carbocycles. The molecular weight excluding hydrogens is 604 g/mol. The second-order valence-electron chi connectivity index (χ2n) is 12.2. The number of aryl methyl sites for hydroxylation is 1. The average molecular weight is 645 g/mol. The molecule has 0 aromatic heterocycles. The molecule has 3 amide bonds. The maximum absolute atomic E-state index is 14.4. The van der Waals surface area contributed by atoms with Gasteiger partial charge in [0.2, 0.25) is 17.7 Å². The van der Waals surface area contributed by atoms with Crippen molar-refractivity contribution >= 4 is 17.7 Å². The molecule has 2 heterocycles. The van der Waals surface area contributed by atoms with Gasteiger partial charge in [-0.2, -0.15) is 0 Å². The second kappa shape index (κ2) is 14.6. The third-order valence-corrected chi connectivity index (χ3v) is 8.98. The minimum absolute atomic E-state index is 0.0388. The SMILES string of the molecule is C=CCN1CC(=O)N2[C@@H](Cc3ccc(O)cc3)C(=O)N(Cc3cccc(-c4ccc(OC)cc4)c3)C[C@@H]2N1C(=O)CCc1ccccc1. The van der Waals surface area contributed by atoms with Gasteiger partial charge in [0.1, 0.15) is 23.7 Å². The molecule has 2 aliphatic heterocycles. The van der Waals surface area contributed by atoms with Gasteiger partial charge >= 0.3 is 0 Å². The molecule has 0 bridgehead atoms. The lowest BCUT2D eigenvalue weighted by Crippen LogP contribution is -2.75. The molecule has 48 heavy (non-hydrogen) atoms. The highest BCUT2D eigenvalue weighted by molar-refractivity contribution is 5.92. The number of rotatable bonds is 11. The number of carbonyl (C=O) groups excluding carboxylic acids is 3. The lowest BCUT2D eigenvalue weighted by Gasteiger charge is -2.55. The minimum atomic E-state index is -0.833. The Labute approximate surface area is 281 Å². The van der Waals surface area contributed by atoms with Crippen molar-refractivity contribution in [3.63, 3.8) is 0 Å². The van der Waals surface area contributed by atoms with Gasteiger partial charge in [-0.25, -0.2) is 10.0 Å². The zero-order chi connectivity index (χ0) is 33.6. The van der Waals surface area contributed by atoms with E-state index in [4.69, 9.17) is 4.74 Å². The Morgan fingerprint density at radius 3 is 2.33 bits per heavy atom. The number of carbonyl (C=O) groups is 3. The highest BCUT2D eigenvalue weighted by Crippen LogP contribution is 2.31. The van der Waals surface area contributed by atoms with Crippen LogP contribution in [-0.4, -0.2) is 81.6 Å². The molecule has 9 heteroatoms. The van der Waals surface area contributed by atoms with E-state index in [1.807, 2.05) is 72.8 Å². The van der Waals surface area contributed by atoms with Crippen LogP contribution in [0.4, 0.5) is 0 Å². The number of hydrogen-bond acceptors (Lipinski definition) is 6. The van der Waals surface area contributed by atoms with E-state index < -0.39 is 12.2 Å². The van der Waals surface area contributed by atoms with Crippen LogP contribution in [0, 0.1) is 0 Å². The van der Waals surface area contributed by atoms with Crippen molar-refractivity contribution in [2.45, 2.75) is 38.0 Å². The predicted molar refractivity (Wildman–Crippen MR) is 183 cm³/mol. The Hall–Kier alpha value is -5.41. The van der Waals surface area contributed by atoms with Gasteiger partial charge in [-0.15, -0.1) is 6.58 Å². The van der Waals surface area contributed by atoms with Gasteiger partial charge in [0.25, 0.3) is 0 Å². The third kappa shape index (κ3) is 7.11. The normalized spacial score (nSPS) is 18.1. The van der Waals surface area contributed by atoms with Crippen LogP contribution in [-0.2, 0) is 33.8 Å². The number of phenolic OH excluding ortho intramolecular Hbond substituents is 1. The number of ether oxygens (including phenoxy) is 1. The summed E-state index contributed by atoms with van der Waals surface area (Å²) in [6.07, 6.45) is 2.04. The molecule has 2 aliphatic rings. The van der Waals surface area contributed by atoms with Crippen molar-refractivity contribution in [2.24, 2.45) is 0 Å². The van der Waals surface area contributed by atoms with Crippen molar-refractivity contribution in [3.05, 3.63) is 132 Å². The van der Waals surface area contributed by atoms with Crippen molar-refractivity contribution in [3.8, 4) is 22.6 Å². The third-order valence-electron chi connectivity index (χ3n) is 8.98. The molecule has 9 nitrogen and oxygen atoms in total. The molecule has 4 aromatic rings. The molecule has 0 aliphatic carbocycles. The molecule has 0 radical (unpaired) electrons. The van der Waals surface area contributed by atoms with Crippen LogP contribution < -0.4 is 4.74 Å². The van der Waals surface area contributed by atoms with Gasteiger partial charge in [-0.3, -0.25) is 14.4 Å². The summed E-state index contributed by atoms with van der Waals surface area (Å²) in [4.78, 5) is 45.7. The molecule has 2 fully saturated rings. The van der Waals surface area contributed by atoms with E-state index in [0.717, 1.165) is 33.6 Å². The van der Waals surface area contributed by atoms with E-state index in [1.54, 1.807) is 57.3 Å². The van der Waals surface area contributed by atoms with Crippen molar-refractivity contribution in [1.29, 1.82) is 0 Å². The van der Waals surface area contributed by atoms with E-state index in [-0.39, 0.29) is 49.4 Å². The molecule has 0 saturated carbocycles. The lowest BCUT2D eigenvalue weighted by atomic mass is 9.97. The zero-order valence-electron chi connectivity index (χ0n) is 27.1. The van der Waals surface area contributed by atoms with Gasteiger partial charge in [-0.05, 0) is 64.6 Å². The summed E-state index contributed by atoms with van der Waals surface area (Å²) in [5.41, 5.74) is 4.81. The smallest absolute Gasteiger partial charge is 0.246 e. The monoisotopic (exact) mass is 644 g/mol. The Morgan fingerprint density at radius 1 is 0.896 bits per heavy atom. The summed E-state index contributed by atoms with van der Waals surface area (Å²) < 4.78 is 5.32. The number of hydrazine groups is 1. The average Bonchev–Trinajstić information content (AvgIpc) is 3.10. The van der Waals surface area contributed by atoms with Crippen molar-refractivity contribution < 1.29 is 24.2 Å². The first-order valence-electron chi connectivity index (χ1n) is 16.2. The van der Waals surface area contributed by atoms with E-state index >= 15 is 0 Å². The highest BCUT2D eigenvalue weighted by Gasteiger charge is 2.51. The van der Waals surface area contributed by atoms with Crippen LogP contribution in [0.3, 0.4) is 0 Å². The second-order valence-corrected chi connectivity index (χ2v) is 12.2. The van der Waals surface area contributed by atoms with Gasteiger partial charge < -0.3 is 19.6 Å². The van der Waals surface area contributed by atoms with Crippen LogP contribution in [0.1, 0.15) is 23.1 Å². The fraction of sp³-hybridized carbons (Fsp3) is 0.256. The number of piperazine rings is 1.